The highest BCUT2D eigenvalue weighted by molar-refractivity contribution is 6.30. The second-order valence-electron chi connectivity index (χ2n) is 8.61. The molecule has 0 radical (unpaired) electrons. The van der Waals surface area contributed by atoms with Crippen molar-refractivity contribution in [2.24, 2.45) is 5.92 Å². The van der Waals surface area contributed by atoms with E-state index in [-0.39, 0.29) is 35.6 Å². The number of aliphatic hydroxyl groups is 2. The topological polar surface area (TPSA) is 139 Å². The summed E-state index contributed by atoms with van der Waals surface area (Å²) in [7, 11) is 0. The van der Waals surface area contributed by atoms with Gasteiger partial charge in [0.1, 0.15) is 23.0 Å². The highest BCUT2D eigenvalue weighted by Crippen LogP contribution is 2.32. The molecule has 34 heavy (non-hydrogen) atoms. The Labute approximate surface area is 200 Å². The molecule has 0 spiro atoms. The number of rotatable bonds is 7. The van der Waals surface area contributed by atoms with Gasteiger partial charge in [0, 0.05) is 6.54 Å². The minimum absolute atomic E-state index is 0.0154. The van der Waals surface area contributed by atoms with Crippen LogP contribution in [0.25, 0.3) is 11.5 Å². The number of tetrazole rings is 1. The largest absolute Gasteiger partial charge is 0.393 e. The van der Waals surface area contributed by atoms with Crippen molar-refractivity contribution in [1.29, 1.82) is 0 Å². The number of aliphatic hydroxyl groups excluding tert-OH is 1. The summed E-state index contributed by atoms with van der Waals surface area (Å²) in [5.41, 5.74) is 0.167. The summed E-state index contributed by atoms with van der Waals surface area (Å²) in [5.74, 6) is -0.0454. The number of benzene rings is 1. The van der Waals surface area contributed by atoms with Crippen LogP contribution in [0.5, 0.6) is 0 Å². The van der Waals surface area contributed by atoms with Crippen LogP contribution < -0.4 is 5.32 Å². The molecule has 0 unspecified atom stereocenters. The molecule has 0 bridgehead atoms. The third kappa shape index (κ3) is 5.72. The summed E-state index contributed by atoms with van der Waals surface area (Å²) in [5, 5.41) is 34.7. The van der Waals surface area contributed by atoms with Crippen LogP contribution in [0.2, 0.25) is 5.02 Å². The number of amides is 1. The van der Waals surface area contributed by atoms with E-state index in [1.165, 1.54) is 29.1 Å². The van der Waals surface area contributed by atoms with Crippen LogP contribution in [0.1, 0.15) is 47.6 Å². The van der Waals surface area contributed by atoms with Crippen LogP contribution in [-0.2, 0) is 13.1 Å². The highest BCUT2D eigenvalue weighted by atomic mass is 35.5. The lowest BCUT2D eigenvalue weighted by Crippen LogP contribution is -2.38. The Balaban J connectivity index is 1.41. The molecule has 3 aromatic rings. The van der Waals surface area contributed by atoms with E-state index < -0.39 is 17.3 Å². The Kier molecular flexibility index (Phi) is 7.15. The van der Waals surface area contributed by atoms with Gasteiger partial charge in [-0.25, -0.2) is 14.4 Å². The van der Waals surface area contributed by atoms with Gasteiger partial charge in [-0.15, -0.1) is 10.2 Å². The minimum atomic E-state index is -0.990. The minimum Gasteiger partial charge on any atom is -0.393 e. The van der Waals surface area contributed by atoms with Crippen molar-refractivity contribution < 1.29 is 19.4 Å². The number of nitrogens with zero attached hydrogens (tertiary/aromatic N) is 6. The van der Waals surface area contributed by atoms with Gasteiger partial charge in [-0.05, 0) is 67.5 Å². The summed E-state index contributed by atoms with van der Waals surface area (Å²) in [6.07, 6.45) is 2.57. The number of aryl methyl sites for hydroxylation is 1. The summed E-state index contributed by atoms with van der Waals surface area (Å²) in [6.45, 7) is 2.12. The van der Waals surface area contributed by atoms with E-state index >= 15 is 0 Å². The summed E-state index contributed by atoms with van der Waals surface area (Å²) >= 11 is 5.79. The van der Waals surface area contributed by atoms with Gasteiger partial charge in [0.2, 0.25) is 5.82 Å². The van der Waals surface area contributed by atoms with Gasteiger partial charge in [-0.3, -0.25) is 4.79 Å². The van der Waals surface area contributed by atoms with Gasteiger partial charge in [0.25, 0.3) is 5.91 Å². The SMILES string of the molecule is Cc1nc(C(=O)NCc2ccc(F)c(Cl)c2)cc(-c2nnn(C[C@H]3CC[C@@](O)(CO)CC3)n2)n1. The molecule has 10 nitrogen and oxygen atoms in total. The van der Waals surface area contributed by atoms with Crippen LogP contribution in [-0.4, -0.2) is 58.5 Å². The molecule has 0 atom stereocenters. The van der Waals surface area contributed by atoms with Crippen molar-refractivity contribution in [1.82, 2.24) is 35.5 Å². The van der Waals surface area contributed by atoms with Crippen molar-refractivity contribution in [3.8, 4) is 11.5 Å². The Hall–Kier alpha value is -3.02. The number of halogens is 2. The Morgan fingerprint density at radius 1 is 1.29 bits per heavy atom. The Bertz CT molecular complexity index is 1180. The molecule has 1 aliphatic carbocycles. The third-order valence-electron chi connectivity index (χ3n) is 5.94. The van der Waals surface area contributed by atoms with Crippen molar-refractivity contribution in [3.63, 3.8) is 0 Å². The average Bonchev–Trinajstić information content (AvgIpc) is 3.29. The van der Waals surface area contributed by atoms with Crippen LogP contribution in [0, 0.1) is 18.7 Å². The molecule has 0 aliphatic heterocycles. The maximum absolute atomic E-state index is 13.3. The fourth-order valence-corrected chi connectivity index (χ4v) is 4.13. The number of aromatic nitrogens is 6. The zero-order valence-corrected chi connectivity index (χ0v) is 19.3. The van der Waals surface area contributed by atoms with Crippen molar-refractivity contribution in [2.45, 2.75) is 51.3 Å². The van der Waals surface area contributed by atoms with Gasteiger partial charge in [-0.1, -0.05) is 17.7 Å². The monoisotopic (exact) mass is 489 g/mol. The van der Waals surface area contributed by atoms with Crippen molar-refractivity contribution in [2.75, 3.05) is 6.61 Å². The van der Waals surface area contributed by atoms with Gasteiger partial charge >= 0.3 is 0 Å². The summed E-state index contributed by atoms with van der Waals surface area (Å²) < 4.78 is 13.3. The number of nitrogens with one attached hydrogen (secondary N) is 1. The molecule has 1 amide bonds. The second kappa shape index (κ2) is 10.1. The van der Waals surface area contributed by atoms with E-state index in [0.717, 1.165) is 12.8 Å². The molecule has 4 rings (SSSR count). The van der Waals surface area contributed by atoms with Crippen LogP contribution in [0.3, 0.4) is 0 Å². The molecule has 12 heteroatoms. The molecule has 1 aliphatic rings. The number of hydrogen-bond acceptors (Lipinski definition) is 8. The summed E-state index contributed by atoms with van der Waals surface area (Å²) in [6, 6.07) is 5.72. The predicted octanol–water partition coefficient (Wildman–Crippen LogP) is 2.07. The molecular weight excluding hydrogens is 465 g/mol. The van der Waals surface area contributed by atoms with E-state index in [1.54, 1.807) is 6.92 Å². The molecule has 1 aromatic carbocycles. The standard InChI is InChI=1S/C22H25ClFN7O3/c1-13-26-18(9-19(27-13)21(33)25-10-15-2-3-17(24)16(23)8-15)20-28-30-31(29-20)11-14-4-6-22(34,12-32)7-5-14/h2-3,8-9,14,32,34H,4-7,10-12H2,1H3,(H,25,33)/t14-,22-. The molecule has 0 saturated heterocycles. The molecule has 1 fully saturated rings. The lowest BCUT2D eigenvalue weighted by atomic mass is 9.79. The molecule has 1 saturated carbocycles. The van der Waals surface area contributed by atoms with E-state index in [9.17, 15) is 19.4 Å². The molecule has 180 valence electrons. The lowest BCUT2D eigenvalue weighted by Gasteiger charge is -2.34. The zero-order valence-electron chi connectivity index (χ0n) is 18.6. The van der Waals surface area contributed by atoms with E-state index in [4.69, 9.17) is 11.6 Å². The summed E-state index contributed by atoms with van der Waals surface area (Å²) in [4.78, 5) is 22.6. The quantitative estimate of drug-likeness (QED) is 0.458. The fourth-order valence-electron chi connectivity index (χ4n) is 3.93. The Morgan fingerprint density at radius 2 is 2.06 bits per heavy atom. The van der Waals surface area contributed by atoms with E-state index in [1.807, 2.05) is 0 Å². The van der Waals surface area contributed by atoms with Crippen molar-refractivity contribution in [3.05, 3.63) is 52.2 Å². The second-order valence-corrected chi connectivity index (χ2v) is 9.02. The predicted molar refractivity (Wildman–Crippen MR) is 120 cm³/mol. The number of hydrogen-bond donors (Lipinski definition) is 3. The fraction of sp³-hybridized carbons (Fsp3) is 0.455. The van der Waals surface area contributed by atoms with Gasteiger partial charge < -0.3 is 15.5 Å². The van der Waals surface area contributed by atoms with E-state index in [2.05, 4.69) is 30.7 Å². The first-order valence-electron chi connectivity index (χ1n) is 10.9. The first-order valence-corrected chi connectivity index (χ1v) is 11.3. The molecular formula is C22H25ClFN7O3. The Morgan fingerprint density at radius 3 is 2.76 bits per heavy atom. The third-order valence-corrected chi connectivity index (χ3v) is 6.23. The van der Waals surface area contributed by atoms with Gasteiger partial charge in [-0.2, -0.15) is 4.80 Å². The average molecular weight is 490 g/mol. The van der Waals surface area contributed by atoms with Crippen LogP contribution >= 0.6 is 11.6 Å². The maximum atomic E-state index is 13.3. The van der Waals surface area contributed by atoms with Gasteiger partial charge in [0.05, 0.1) is 23.8 Å². The number of carbonyl (C=O) groups is 1. The number of carbonyl (C=O) groups excluding carboxylic acids is 1. The zero-order chi connectivity index (χ0) is 24.3. The van der Waals surface area contributed by atoms with Gasteiger partial charge in [0.15, 0.2) is 0 Å². The lowest BCUT2D eigenvalue weighted by molar-refractivity contribution is -0.0535. The highest BCUT2D eigenvalue weighted by Gasteiger charge is 2.32. The maximum Gasteiger partial charge on any atom is 0.270 e. The van der Waals surface area contributed by atoms with Crippen LogP contribution in [0.4, 0.5) is 4.39 Å². The molecule has 2 heterocycles. The van der Waals surface area contributed by atoms with E-state index in [0.29, 0.717) is 36.5 Å². The molecule has 3 N–H and O–H groups in total. The first-order chi connectivity index (χ1) is 16.2. The van der Waals surface area contributed by atoms with Crippen molar-refractivity contribution >= 4 is 17.5 Å². The smallest absolute Gasteiger partial charge is 0.270 e. The molecule has 2 aromatic heterocycles. The first kappa shape index (κ1) is 24.1. The normalized spacial score (nSPS) is 20.3. The van der Waals surface area contributed by atoms with Crippen LogP contribution in [0.15, 0.2) is 24.3 Å².